The Morgan fingerprint density at radius 2 is 0.965 bits per heavy atom. The summed E-state index contributed by atoms with van der Waals surface area (Å²) in [6, 6.07) is 60.1. The molecule has 0 spiro atoms. The smallest absolute Gasteiger partial charge is 0.211 e. The standard InChI is InChI=1S/C51H28N6/c1-53-33-26-28-48-41(30-33)39-18-12-24-49(55-43-20-7-6-16-37(43)40-29-32(31-52)25-27-47(40)55)51(39)57(48)46-23-10-5-15-36(46)38-17-11-19-42(54-2)50(38)56-44-21-8-3-13-34(44)35-14-4-9-22-45(35)56/h3-30H. The van der Waals surface area contributed by atoms with Crippen molar-refractivity contribution in [2.45, 2.75) is 0 Å². The van der Waals surface area contributed by atoms with E-state index in [9.17, 15) is 5.26 Å². The second-order valence-corrected chi connectivity index (χ2v) is 14.2. The average molecular weight is 725 g/mol. The van der Waals surface area contributed by atoms with Crippen molar-refractivity contribution in [3.63, 3.8) is 0 Å². The van der Waals surface area contributed by atoms with Crippen molar-refractivity contribution >= 4 is 76.8 Å². The largest absolute Gasteiger partial charge is 0.318 e. The van der Waals surface area contributed by atoms with Gasteiger partial charge in [-0.25, -0.2) is 9.69 Å². The van der Waals surface area contributed by atoms with Crippen LogP contribution in [-0.4, -0.2) is 13.7 Å². The zero-order valence-electron chi connectivity index (χ0n) is 30.3. The molecule has 0 aliphatic rings. The lowest BCUT2D eigenvalue weighted by Crippen LogP contribution is -2.03. The SMILES string of the molecule is [C-]#[N+]c1ccc2c(c1)c1cccc(-n3c4ccccc4c4cc(C#N)ccc43)c1n2-c1ccccc1-c1cccc([N+]#[C-])c1-n1c2ccccc2c2ccccc21. The van der Waals surface area contributed by atoms with Gasteiger partial charge in [0.25, 0.3) is 0 Å². The van der Waals surface area contributed by atoms with Crippen LogP contribution >= 0.6 is 0 Å². The summed E-state index contributed by atoms with van der Waals surface area (Å²) in [5, 5.41) is 16.2. The summed E-state index contributed by atoms with van der Waals surface area (Å²) < 4.78 is 6.87. The summed E-state index contributed by atoms with van der Waals surface area (Å²) >= 11 is 0. The van der Waals surface area contributed by atoms with E-state index in [2.05, 4.69) is 151 Å². The Morgan fingerprint density at radius 1 is 0.421 bits per heavy atom. The predicted octanol–water partition coefficient (Wildman–Crippen LogP) is 13.6. The Morgan fingerprint density at radius 3 is 1.68 bits per heavy atom. The predicted molar refractivity (Wildman–Crippen MR) is 232 cm³/mol. The fraction of sp³-hybridized carbons (Fsp3) is 0. The fourth-order valence-corrected chi connectivity index (χ4v) is 8.97. The maximum Gasteiger partial charge on any atom is 0.211 e. The van der Waals surface area contributed by atoms with Crippen molar-refractivity contribution in [3.05, 3.63) is 198 Å². The highest BCUT2D eigenvalue weighted by Crippen LogP contribution is 2.46. The molecule has 0 aliphatic heterocycles. The first-order valence-corrected chi connectivity index (χ1v) is 18.7. The van der Waals surface area contributed by atoms with Crippen molar-refractivity contribution < 1.29 is 0 Å². The van der Waals surface area contributed by atoms with Gasteiger partial charge in [0.1, 0.15) is 0 Å². The highest BCUT2D eigenvalue weighted by molar-refractivity contribution is 6.16. The van der Waals surface area contributed by atoms with E-state index in [-0.39, 0.29) is 0 Å². The van der Waals surface area contributed by atoms with Crippen LogP contribution in [0.2, 0.25) is 0 Å². The number of hydrogen-bond donors (Lipinski definition) is 0. The van der Waals surface area contributed by atoms with E-state index in [4.69, 9.17) is 13.1 Å². The minimum Gasteiger partial charge on any atom is -0.318 e. The highest BCUT2D eigenvalue weighted by Gasteiger charge is 2.24. The lowest BCUT2D eigenvalue weighted by Gasteiger charge is -2.20. The third-order valence-electron chi connectivity index (χ3n) is 11.3. The molecule has 0 aliphatic carbocycles. The van der Waals surface area contributed by atoms with Crippen LogP contribution in [-0.2, 0) is 0 Å². The molecule has 0 unspecified atom stereocenters. The maximum absolute atomic E-state index is 9.86. The molecule has 6 heteroatoms. The minimum absolute atomic E-state index is 0.556. The fourth-order valence-electron chi connectivity index (χ4n) is 8.97. The van der Waals surface area contributed by atoms with Crippen LogP contribution in [0.3, 0.4) is 0 Å². The van der Waals surface area contributed by atoms with Crippen LogP contribution in [0.15, 0.2) is 170 Å². The van der Waals surface area contributed by atoms with Gasteiger partial charge in [0, 0.05) is 32.5 Å². The van der Waals surface area contributed by atoms with Gasteiger partial charge in [-0.15, -0.1) is 0 Å². The first-order valence-electron chi connectivity index (χ1n) is 18.7. The first-order chi connectivity index (χ1) is 28.2. The van der Waals surface area contributed by atoms with Gasteiger partial charge in [0.2, 0.25) is 5.69 Å². The Hall–Kier alpha value is -8.37. The van der Waals surface area contributed by atoms with E-state index in [1.54, 1.807) is 0 Å². The average Bonchev–Trinajstić information content (AvgIpc) is 3.91. The normalized spacial score (nSPS) is 11.5. The molecule has 3 aromatic heterocycles. The lowest BCUT2D eigenvalue weighted by atomic mass is 9.99. The summed E-state index contributed by atoms with van der Waals surface area (Å²) in [6.07, 6.45) is 0. The van der Waals surface area contributed by atoms with Gasteiger partial charge in [0.15, 0.2) is 5.69 Å². The van der Waals surface area contributed by atoms with Crippen molar-refractivity contribution in [2.24, 2.45) is 0 Å². The van der Waals surface area contributed by atoms with Crippen LogP contribution in [0, 0.1) is 24.5 Å². The number of nitriles is 1. The van der Waals surface area contributed by atoms with Crippen molar-refractivity contribution in [2.75, 3.05) is 0 Å². The zero-order chi connectivity index (χ0) is 38.2. The summed E-state index contributed by atoms with van der Waals surface area (Å²) in [5.41, 5.74) is 12.4. The van der Waals surface area contributed by atoms with E-state index in [0.29, 0.717) is 16.9 Å². The molecule has 57 heavy (non-hydrogen) atoms. The van der Waals surface area contributed by atoms with Crippen molar-refractivity contribution in [1.29, 1.82) is 5.26 Å². The third-order valence-corrected chi connectivity index (χ3v) is 11.3. The molecule has 11 rings (SSSR count). The Kier molecular flexibility index (Phi) is 6.95. The molecule has 0 saturated carbocycles. The van der Waals surface area contributed by atoms with Crippen molar-refractivity contribution in [3.8, 4) is 34.3 Å². The molecule has 0 fully saturated rings. The highest BCUT2D eigenvalue weighted by atomic mass is 15.1. The van der Waals surface area contributed by atoms with Gasteiger partial charge in [-0.1, -0.05) is 109 Å². The number of benzene rings is 8. The first kappa shape index (κ1) is 32.1. The lowest BCUT2D eigenvalue weighted by molar-refractivity contribution is 1.13. The van der Waals surface area contributed by atoms with Gasteiger partial charge >= 0.3 is 0 Å². The van der Waals surface area contributed by atoms with E-state index in [0.717, 1.165) is 93.6 Å². The van der Waals surface area contributed by atoms with Crippen LogP contribution in [0.25, 0.3) is 103 Å². The third kappa shape index (κ3) is 4.55. The number of nitrogens with zero attached hydrogens (tertiary/aromatic N) is 6. The zero-order valence-corrected chi connectivity index (χ0v) is 30.3. The van der Waals surface area contributed by atoms with Crippen LogP contribution in [0.5, 0.6) is 0 Å². The molecular weight excluding hydrogens is 697 g/mol. The topological polar surface area (TPSA) is 47.3 Å². The number of hydrogen-bond acceptors (Lipinski definition) is 1. The van der Waals surface area contributed by atoms with E-state index >= 15 is 0 Å². The monoisotopic (exact) mass is 724 g/mol. The van der Waals surface area contributed by atoms with Gasteiger partial charge in [-0.05, 0) is 71.6 Å². The molecule has 3 heterocycles. The molecule has 0 atom stereocenters. The van der Waals surface area contributed by atoms with Gasteiger partial charge in [0.05, 0.1) is 74.9 Å². The molecule has 262 valence electrons. The molecule has 8 aromatic carbocycles. The molecule has 6 nitrogen and oxygen atoms in total. The molecule has 0 saturated heterocycles. The van der Waals surface area contributed by atoms with Crippen LogP contribution in [0.1, 0.15) is 5.56 Å². The summed E-state index contributed by atoms with van der Waals surface area (Å²) in [4.78, 5) is 7.96. The molecule has 0 radical (unpaired) electrons. The maximum atomic E-state index is 9.86. The van der Waals surface area contributed by atoms with Crippen LogP contribution in [0.4, 0.5) is 11.4 Å². The second kappa shape index (κ2) is 12.3. The number of rotatable bonds is 4. The quantitative estimate of drug-likeness (QED) is 0.167. The molecule has 0 amide bonds. The van der Waals surface area contributed by atoms with E-state index in [1.165, 1.54) is 0 Å². The number of fused-ring (bicyclic) bond motifs is 9. The Balaban J connectivity index is 1.28. The number of aromatic nitrogens is 3. The second-order valence-electron chi connectivity index (χ2n) is 14.2. The van der Waals surface area contributed by atoms with Gasteiger partial charge in [-0.2, -0.15) is 5.26 Å². The summed E-state index contributed by atoms with van der Waals surface area (Å²) in [6.45, 7) is 16.4. The summed E-state index contributed by atoms with van der Waals surface area (Å²) in [7, 11) is 0. The summed E-state index contributed by atoms with van der Waals surface area (Å²) in [5.74, 6) is 0. The Labute approximate surface area is 327 Å². The van der Waals surface area contributed by atoms with Crippen molar-refractivity contribution in [1.82, 2.24) is 13.7 Å². The number of para-hydroxylation sites is 6. The Bertz CT molecular complexity index is 3580. The van der Waals surface area contributed by atoms with Gasteiger partial charge in [-0.3, -0.25) is 0 Å². The van der Waals surface area contributed by atoms with E-state index < -0.39 is 0 Å². The minimum atomic E-state index is 0.556. The molecule has 0 N–H and O–H groups in total. The molecule has 0 bridgehead atoms. The van der Waals surface area contributed by atoms with E-state index in [1.807, 2.05) is 48.5 Å². The molecular formula is C51H28N6. The van der Waals surface area contributed by atoms with Crippen LogP contribution < -0.4 is 0 Å². The van der Waals surface area contributed by atoms with Gasteiger partial charge < -0.3 is 13.7 Å². The molecule has 11 aromatic rings.